The molecule has 3 saturated heterocycles. The number of nitrogens with one attached hydrogen (secondary N) is 1. The maximum Gasteiger partial charge on any atom is 0.408 e. The summed E-state index contributed by atoms with van der Waals surface area (Å²) in [5, 5.41) is 2.79. The van der Waals surface area contributed by atoms with E-state index in [0.717, 1.165) is 19.3 Å². The van der Waals surface area contributed by atoms with E-state index in [4.69, 9.17) is 4.74 Å². The highest BCUT2D eigenvalue weighted by Crippen LogP contribution is 2.54. The van der Waals surface area contributed by atoms with Gasteiger partial charge in [0.05, 0.1) is 0 Å². The average molecular weight is 589 g/mol. The summed E-state index contributed by atoms with van der Waals surface area (Å²) in [7, 11) is 1.85. The molecule has 5 atom stereocenters. The van der Waals surface area contributed by atoms with Crippen LogP contribution in [0, 0.1) is 0 Å². The predicted molar refractivity (Wildman–Crippen MR) is 155 cm³/mol. The van der Waals surface area contributed by atoms with E-state index in [1.807, 2.05) is 35.0 Å². The van der Waals surface area contributed by atoms with Crippen molar-refractivity contribution in [3.05, 3.63) is 35.9 Å². The van der Waals surface area contributed by atoms with Crippen molar-refractivity contribution in [2.75, 3.05) is 20.1 Å². The van der Waals surface area contributed by atoms with Crippen molar-refractivity contribution in [1.82, 2.24) is 20.0 Å². The first kappa shape index (κ1) is 30.7. The summed E-state index contributed by atoms with van der Waals surface area (Å²) in [5.41, 5.74) is 0.376. The molecule has 3 heterocycles. The van der Waals surface area contributed by atoms with Gasteiger partial charge in [0.2, 0.25) is 18.2 Å². The molecule has 1 aromatic carbocycles. The third-order valence-corrected chi connectivity index (χ3v) is 9.65. The van der Waals surface area contributed by atoms with Crippen LogP contribution in [0.4, 0.5) is 13.6 Å². The molecule has 3 amide bonds. The van der Waals surface area contributed by atoms with Gasteiger partial charge in [0.25, 0.3) is 0 Å². The van der Waals surface area contributed by atoms with Crippen LogP contribution in [0.5, 0.6) is 0 Å². The van der Waals surface area contributed by atoms with Gasteiger partial charge < -0.3 is 24.8 Å². The Hall–Kier alpha value is -2.75. The SMILES string of the molecule is CN(CCC(F)F)[C@H]1CC[C@H](NC(=O)OC(C)(C)C)C(=O)N2[C@H](CC[C@H]2C(=O)N2C[C@H](c3ccccc3)CC23CC3)C1. The van der Waals surface area contributed by atoms with Crippen LogP contribution < -0.4 is 5.32 Å². The zero-order valence-electron chi connectivity index (χ0n) is 25.4. The van der Waals surface area contributed by atoms with Gasteiger partial charge in [-0.15, -0.1) is 0 Å². The van der Waals surface area contributed by atoms with E-state index >= 15 is 0 Å². The van der Waals surface area contributed by atoms with E-state index in [2.05, 4.69) is 17.4 Å². The zero-order valence-corrected chi connectivity index (χ0v) is 25.4. The lowest BCUT2D eigenvalue weighted by molar-refractivity contribution is -0.148. The lowest BCUT2D eigenvalue weighted by atomic mass is 9.93. The van der Waals surface area contributed by atoms with Gasteiger partial charge in [-0.2, -0.15) is 0 Å². The molecule has 10 heteroatoms. The summed E-state index contributed by atoms with van der Waals surface area (Å²) in [6.07, 6.45) is 2.37. The zero-order chi connectivity index (χ0) is 30.2. The van der Waals surface area contributed by atoms with Crippen LogP contribution in [0.2, 0.25) is 0 Å². The van der Waals surface area contributed by atoms with Gasteiger partial charge in [-0.1, -0.05) is 30.3 Å². The van der Waals surface area contributed by atoms with E-state index in [-0.39, 0.29) is 48.3 Å². The van der Waals surface area contributed by atoms with Crippen LogP contribution in [0.15, 0.2) is 30.3 Å². The number of alkyl carbamates (subject to hydrolysis) is 1. The lowest BCUT2D eigenvalue weighted by Gasteiger charge is -2.41. The molecule has 1 spiro atoms. The third-order valence-electron chi connectivity index (χ3n) is 9.65. The maximum absolute atomic E-state index is 14.3. The first-order valence-corrected chi connectivity index (χ1v) is 15.5. The number of amides is 3. The minimum Gasteiger partial charge on any atom is -0.444 e. The number of carbonyl (C=O) groups is 3. The molecular weight excluding hydrogens is 542 g/mol. The van der Waals surface area contributed by atoms with Crippen molar-refractivity contribution >= 4 is 17.9 Å². The number of ether oxygens (including phenoxy) is 1. The normalized spacial score (nSPS) is 29.0. The summed E-state index contributed by atoms with van der Waals surface area (Å²) < 4.78 is 31.5. The monoisotopic (exact) mass is 588 g/mol. The molecule has 8 nitrogen and oxygen atoms in total. The number of carbonyl (C=O) groups excluding carboxylic acids is 3. The molecule has 3 aliphatic heterocycles. The van der Waals surface area contributed by atoms with Crippen molar-refractivity contribution in [1.29, 1.82) is 0 Å². The Labute approximate surface area is 248 Å². The summed E-state index contributed by atoms with van der Waals surface area (Å²) >= 11 is 0. The fraction of sp³-hybridized carbons (Fsp3) is 0.719. The van der Waals surface area contributed by atoms with Crippen molar-refractivity contribution in [2.45, 2.75) is 126 Å². The van der Waals surface area contributed by atoms with Crippen LogP contribution in [-0.4, -0.2) is 94.5 Å². The highest BCUT2D eigenvalue weighted by atomic mass is 19.3. The first-order chi connectivity index (χ1) is 19.9. The van der Waals surface area contributed by atoms with Crippen molar-refractivity contribution in [3.8, 4) is 0 Å². The number of hydrogen-bond donors (Lipinski definition) is 1. The number of likely N-dealkylation sites (tertiary alicyclic amines) is 1. The van der Waals surface area contributed by atoms with Crippen molar-refractivity contribution in [2.24, 2.45) is 0 Å². The molecule has 0 radical (unpaired) electrons. The highest BCUT2D eigenvalue weighted by molar-refractivity contribution is 5.93. The largest absolute Gasteiger partial charge is 0.444 e. The summed E-state index contributed by atoms with van der Waals surface area (Å²) in [5.74, 6) is 0.0207. The van der Waals surface area contributed by atoms with Gasteiger partial charge in [-0.3, -0.25) is 9.59 Å². The van der Waals surface area contributed by atoms with E-state index in [1.165, 1.54) is 5.56 Å². The fourth-order valence-corrected chi connectivity index (χ4v) is 7.37. The molecule has 42 heavy (non-hydrogen) atoms. The minimum absolute atomic E-state index is 0.000905. The van der Waals surface area contributed by atoms with Gasteiger partial charge in [0, 0.05) is 43.1 Å². The Kier molecular flexibility index (Phi) is 8.84. The van der Waals surface area contributed by atoms with Gasteiger partial charge in [0.1, 0.15) is 17.7 Å². The van der Waals surface area contributed by atoms with Crippen LogP contribution in [0.1, 0.15) is 90.0 Å². The van der Waals surface area contributed by atoms with Gasteiger partial charge in [-0.25, -0.2) is 13.6 Å². The molecule has 4 aliphatic rings. The number of hydrogen-bond acceptors (Lipinski definition) is 5. The van der Waals surface area contributed by atoms with E-state index < -0.39 is 30.2 Å². The summed E-state index contributed by atoms with van der Waals surface area (Å²) in [6, 6.07) is 8.62. The number of fused-ring (bicyclic) bond motifs is 1. The van der Waals surface area contributed by atoms with E-state index in [1.54, 1.807) is 25.7 Å². The summed E-state index contributed by atoms with van der Waals surface area (Å²) in [4.78, 5) is 47.0. The Morgan fingerprint density at radius 3 is 2.48 bits per heavy atom. The molecule has 0 unspecified atom stereocenters. The molecule has 1 aliphatic carbocycles. The highest BCUT2D eigenvalue weighted by Gasteiger charge is 2.58. The molecule has 232 valence electrons. The predicted octanol–water partition coefficient (Wildman–Crippen LogP) is 4.93. The number of benzene rings is 1. The first-order valence-electron chi connectivity index (χ1n) is 15.5. The van der Waals surface area contributed by atoms with E-state index in [9.17, 15) is 23.2 Å². The topological polar surface area (TPSA) is 82.2 Å². The number of rotatable bonds is 7. The minimum atomic E-state index is -2.39. The molecule has 1 aromatic rings. The molecule has 5 rings (SSSR count). The second kappa shape index (κ2) is 12.1. The Balaban J connectivity index is 1.37. The van der Waals surface area contributed by atoms with Crippen LogP contribution >= 0.6 is 0 Å². The average Bonchev–Trinajstić information content (AvgIpc) is 3.41. The third kappa shape index (κ3) is 6.74. The second-order valence-electron chi connectivity index (χ2n) is 13.8. The second-order valence-corrected chi connectivity index (χ2v) is 13.8. The van der Waals surface area contributed by atoms with Gasteiger partial charge in [0.15, 0.2) is 0 Å². The van der Waals surface area contributed by atoms with Crippen molar-refractivity contribution < 1.29 is 27.9 Å². The van der Waals surface area contributed by atoms with Crippen LogP contribution in [0.3, 0.4) is 0 Å². The fourth-order valence-electron chi connectivity index (χ4n) is 7.37. The number of nitrogens with zero attached hydrogens (tertiary/aromatic N) is 3. The molecule has 4 fully saturated rings. The smallest absolute Gasteiger partial charge is 0.408 e. The van der Waals surface area contributed by atoms with Crippen molar-refractivity contribution in [3.63, 3.8) is 0 Å². The molecule has 1 saturated carbocycles. The van der Waals surface area contributed by atoms with Crippen LogP contribution in [-0.2, 0) is 14.3 Å². The Morgan fingerprint density at radius 1 is 1.12 bits per heavy atom. The molecule has 0 bridgehead atoms. The molecular formula is C32H46F2N4O4. The van der Waals surface area contributed by atoms with Gasteiger partial charge >= 0.3 is 6.09 Å². The Morgan fingerprint density at radius 2 is 1.83 bits per heavy atom. The standard InChI is InChI=1S/C32H46F2N4O4/c1-31(2,3)42-30(41)35-25-12-10-23(36(4)17-14-27(33)34)18-24-11-13-26(38(24)28(25)39)29(40)37-20-22(19-32(37)15-16-32)21-8-6-5-7-9-21/h5-9,22-27H,10-20H2,1-4H3,(H,35,41)/t22-,23+,24-,25+,26+/m1/s1. The molecule has 1 N–H and O–H groups in total. The molecule has 0 aromatic heterocycles. The number of alkyl halides is 2. The van der Waals surface area contributed by atoms with E-state index in [0.29, 0.717) is 38.6 Å². The summed E-state index contributed by atoms with van der Waals surface area (Å²) in [6.45, 7) is 6.17. The Bertz CT molecular complexity index is 1140. The van der Waals surface area contributed by atoms with Crippen LogP contribution in [0.25, 0.3) is 0 Å². The quantitative estimate of drug-likeness (QED) is 0.489. The maximum atomic E-state index is 14.3. The van der Waals surface area contributed by atoms with Gasteiger partial charge in [-0.05, 0) is 84.7 Å². The number of halogens is 2. The lowest BCUT2D eigenvalue weighted by Crippen LogP contribution is -2.59.